The van der Waals surface area contributed by atoms with Gasteiger partial charge in [-0.3, -0.25) is 9.10 Å². The Morgan fingerprint density at radius 1 is 1.23 bits per heavy atom. The third kappa shape index (κ3) is 4.13. The number of benzene rings is 2. The number of sulfonamides is 1. The molecule has 8 heteroatoms. The Bertz CT molecular complexity index is 947. The largest absolute Gasteiger partial charge is 0.496 e. The first-order valence-corrected chi connectivity index (χ1v) is 9.08. The van der Waals surface area contributed by atoms with E-state index in [1.807, 2.05) is 6.07 Å². The summed E-state index contributed by atoms with van der Waals surface area (Å²) in [5, 5.41) is 17.9. The van der Waals surface area contributed by atoms with Crippen LogP contribution in [0.1, 0.15) is 11.1 Å². The molecule has 0 unspecified atom stereocenters. The number of carboxylic acids is 1. The van der Waals surface area contributed by atoms with Gasteiger partial charge in [-0.2, -0.15) is 5.26 Å². The highest BCUT2D eigenvalue weighted by atomic mass is 32.2. The van der Waals surface area contributed by atoms with Gasteiger partial charge in [-0.15, -0.1) is 0 Å². The third-order valence-electron chi connectivity index (χ3n) is 3.74. The van der Waals surface area contributed by atoms with E-state index in [4.69, 9.17) is 15.1 Å². The van der Waals surface area contributed by atoms with Gasteiger partial charge in [0.2, 0.25) is 0 Å². The Morgan fingerprint density at radius 2 is 1.88 bits per heavy atom. The lowest BCUT2D eigenvalue weighted by Gasteiger charge is -2.23. The fourth-order valence-corrected chi connectivity index (χ4v) is 3.95. The van der Waals surface area contributed by atoms with Gasteiger partial charge in [0.1, 0.15) is 12.3 Å². The number of carboxylic acid groups (broad SMARTS) is 1. The summed E-state index contributed by atoms with van der Waals surface area (Å²) < 4.78 is 32.0. The van der Waals surface area contributed by atoms with Crippen molar-refractivity contribution in [2.24, 2.45) is 0 Å². The Kier molecular flexibility index (Phi) is 5.85. The zero-order valence-corrected chi connectivity index (χ0v) is 15.2. The minimum atomic E-state index is -4.09. The molecule has 0 bridgehead atoms. The first kappa shape index (κ1) is 19.3. The van der Waals surface area contributed by atoms with Crippen LogP contribution in [0.25, 0.3) is 0 Å². The number of rotatable bonds is 7. The second kappa shape index (κ2) is 7.89. The van der Waals surface area contributed by atoms with Gasteiger partial charge < -0.3 is 9.84 Å². The van der Waals surface area contributed by atoms with Crippen molar-refractivity contribution in [3.8, 4) is 11.8 Å². The van der Waals surface area contributed by atoms with Crippen LogP contribution in [0.5, 0.6) is 5.75 Å². The summed E-state index contributed by atoms with van der Waals surface area (Å²) in [6.07, 6.45) is 0.184. The molecule has 1 N–H and O–H groups in total. The topological polar surface area (TPSA) is 108 Å². The highest BCUT2D eigenvalue weighted by Crippen LogP contribution is 2.27. The monoisotopic (exact) mass is 374 g/mol. The molecule has 0 aliphatic carbocycles. The Balaban J connectivity index is 2.49. The normalized spacial score (nSPS) is 10.8. The number of aryl methyl sites for hydroxylation is 1. The van der Waals surface area contributed by atoms with E-state index in [1.165, 1.54) is 37.4 Å². The van der Waals surface area contributed by atoms with Crippen molar-refractivity contribution >= 4 is 21.7 Å². The molecule has 0 radical (unpaired) electrons. The molecule has 0 aromatic heterocycles. The first-order valence-electron chi connectivity index (χ1n) is 7.64. The molecule has 0 fully saturated rings. The maximum Gasteiger partial charge on any atom is 0.324 e. The van der Waals surface area contributed by atoms with Gasteiger partial charge in [0.25, 0.3) is 10.0 Å². The molecular formula is C18H18N2O5S. The summed E-state index contributed by atoms with van der Waals surface area (Å²) in [6.45, 7) is 0.987. The lowest BCUT2D eigenvalue weighted by atomic mass is 10.1. The fraction of sp³-hybridized carbons (Fsp3) is 0.222. The number of nitrogens with zero attached hydrogens (tertiary/aromatic N) is 2. The molecular weight excluding hydrogens is 356 g/mol. The zero-order valence-electron chi connectivity index (χ0n) is 14.3. The average molecular weight is 374 g/mol. The maximum atomic E-state index is 13.0. The van der Waals surface area contributed by atoms with Crippen molar-refractivity contribution in [2.75, 3.05) is 18.0 Å². The molecule has 0 heterocycles. The molecule has 2 aromatic carbocycles. The fourth-order valence-electron chi connectivity index (χ4n) is 2.45. The number of carbonyl (C=O) groups is 1. The Labute approximate surface area is 152 Å². The molecule has 0 amide bonds. The average Bonchev–Trinajstić information content (AvgIpc) is 2.60. The van der Waals surface area contributed by atoms with Gasteiger partial charge in [-0.25, -0.2) is 8.42 Å². The van der Waals surface area contributed by atoms with Crippen molar-refractivity contribution in [2.45, 2.75) is 18.2 Å². The predicted molar refractivity (Wildman–Crippen MR) is 95.7 cm³/mol. The summed E-state index contributed by atoms with van der Waals surface area (Å²) in [4.78, 5) is 11.2. The maximum absolute atomic E-state index is 13.0. The van der Waals surface area contributed by atoms with Crippen LogP contribution in [0.4, 0.5) is 5.69 Å². The van der Waals surface area contributed by atoms with E-state index in [-0.39, 0.29) is 17.0 Å². The Morgan fingerprint density at radius 3 is 2.38 bits per heavy atom. The minimum absolute atomic E-state index is 0.0295. The quantitative estimate of drug-likeness (QED) is 0.797. The molecule has 0 saturated carbocycles. The number of anilines is 1. The van der Waals surface area contributed by atoms with Crippen molar-refractivity contribution in [3.63, 3.8) is 0 Å². The van der Waals surface area contributed by atoms with Crippen LogP contribution in [-0.2, 0) is 21.2 Å². The summed E-state index contributed by atoms with van der Waals surface area (Å²) in [5.74, 6) is -0.741. The second-order valence-electron chi connectivity index (χ2n) is 5.54. The van der Waals surface area contributed by atoms with Gasteiger partial charge in [0.05, 0.1) is 30.2 Å². The molecule has 7 nitrogen and oxygen atoms in total. The predicted octanol–water partition coefficient (Wildman–Crippen LogP) is 2.35. The van der Waals surface area contributed by atoms with Gasteiger partial charge in [-0.05, 0) is 48.4 Å². The van der Waals surface area contributed by atoms with Crippen LogP contribution in [0.3, 0.4) is 0 Å². The highest BCUT2D eigenvalue weighted by molar-refractivity contribution is 7.92. The third-order valence-corrected chi connectivity index (χ3v) is 5.51. The van der Waals surface area contributed by atoms with Gasteiger partial charge in [0.15, 0.2) is 0 Å². The van der Waals surface area contributed by atoms with Gasteiger partial charge in [-0.1, -0.05) is 12.1 Å². The minimum Gasteiger partial charge on any atom is -0.496 e. The van der Waals surface area contributed by atoms with E-state index in [0.29, 0.717) is 16.9 Å². The van der Waals surface area contributed by atoms with E-state index in [1.54, 1.807) is 19.1 Å². The molecule has 0 spiro atoms. The van der Waals surface area contributed by atoms with Gasteiger partial charge in [0, 0.05) is 0 Å². The molecule has 2 aromatic rings. The van der Waals surface area contributed by atoms with Crippen LogP contribution in [-0.4, -0.2) is 33.1 Å². The zero-order chi connectivity index (χ0) is 19.3. The van der Waals surface area contributed by atoms with Crippen molar-refractivity contribution in [1.82, 2.24) is 0 Å². The van der Waals surface area contributed by atoms with Crippen molar-refractivity contribution in [1.29, 1.82) is 5.26 Å². The van der Waals surface area contributed by atoms with E-state index >= 15 is 0 Å². The lowest BCUT2D eigenvalue weighted by molar-refractivity contribution is -0.135. The van der Waals surface area contributed by atoms with Crippen LogP contribution in [0.2, 0.25) is 0 Å². The van der Waals surface area contributed by atoms with Crippen LogP contribution in [0, 0.1) is 18.3 Å². The van der Waals surface area contributed by atoms with E-state index in [9.17, 15) is 13.2 Å². The summed E-state index contributed by atoms with van der Waals surface area (Å²) >= 11 is 0. The second-order valence-corrected chi connectivity index (χ2v) is 7.40. The van der Waals surface area contributed by atoms with Crippen molar-refractivity contribution in [3.05, 3.63) is 53.6 Å². The van der Waals surface area contributed by atoms with E-state index in [0.717, 1.165) is 4.31 Å². The number of nitriles is 1. The van der Waals surface area contributed by atoms with Crippen LogP contribution >= 0.6 is 0 Å². The number of hydrogen-bond donors (Lipinski definition) is 1. The SMILES string of the molecule is COc1ccc(S(=O)(=O)N(CC(=O)O)c2ccc(CC#N)cc2)cc1C. The highest BCUT2D eigenvalue weighted by Gasteiger charge is 2.27. The molecule has 0 saturated heterocycles. The molecule has 136 valence electrons. The molecule has 0 aliphatic heterocycles. The van der Waals surface area contributed by atoms with E-state index < -0.39 is 22.5 Å². The number of ether oxygens (including phenoxy) is 1. The Hall–Kier alpha value is -3.05. The van der Waals surface area contributed by atoms with Crippen molar-refractivity contribution < 1.29 is 23.1 Å². The number of methoxy groups -OCH3 is 1. The molecule has 0 aliphatic rings. The summed E-state index contributed by atoms with van der Waals surface area (Å²) in [6, 6.07) is 12.5. The molecule has 2 rings (SSSR count). The summed E-state index contributed by atoms with van der Waals surface area (Å²) in [7, 11) is -2.61. The lowest BCUT2D eigenvalue weighted by Crippen LogP contribution is -2.35. The smallest absolute Gasteiger partial charge is 0.324 e. The summed E-state index contributed by atoms with van der Waals surface area (Å²) in [5.41, 5.74) is 1.54. The first-order chi connectivity index (χ1) is 12.3. The standard InChI is InChI=1S/C18H18N2O5S/c1-13-11-16(7-8-17(13)25-2)26(23,24)20(12-18(21)22)15-5-3-14(4-6-15)9-10-19/h3-8,11H,9,12H2,1-2H3,(H,21,22). The van der Waals surface area contributed by atoms with Crippen LogP contribution < -0.4 is 9.04 Å². The molecule has 0 atom stereocenters. The number of hydrogen-bond acceptors (Lipinski definition) is 5. The van der Waals surface area contributed by atoms with E-state index in [2.05, 4.69) is 0 Å². The van der Waals surface area contributed by atoms with Gasteiger partial charge >= 0.3 is 5.97 Å². The molecule has 26 heavy (non-hydrogen) atoms. The van der Waals surface area contributed by atoms with Crippen LogP contribution in [0.15, 0.2) is 47.4 Å². The number of aliphatic carboxylic acids is 1.